The molecule has 0 saturated heterocycles. The topological polar surface area (TPSA) is 87.9 Å². The highest BCUT2D eigenvalue weighted by Crippen LogP contribution is 2.28. The number of nitrogens with zero attached hydrogens (tertiary/aromatic N) is 1. The molecule has 2 heterocycles. The van der Waals surface area contributed by atoms with Gasteiger partial charge in [0, 0.05) is 11.6 Å². The van der Waals surface area contributed by atoms with E-state index in [1.54, 1.807) is 25.6 Å². The number of hydrogen-bond acceptors (Lipinski definition) is 7. The summed E-state index contributed by atoms with van der Waals surface area (Å²) < 4.78 is 22.3. The number of pyridine rings is 1. The molecule has 0 saturated carbocycles. The maximum absolute atomic E-state index is 12.7. The van der Waals surface area contributed by atoms with Crippen LogP contribution in [0.25, 0.3) is 22.1 Å². The second-order valence-corrected chi connectivity index (χ2v) is 11.9. The van der Waals surface area contributed by atoms with Crippen molar-refractivity contribution in [1.82, 2.24) is 4.98 Å². The lowest BCUT2D eigenvalue weighted by atomic mass is 9.85. The minimum absolute atomic E-state index is 0.0694. The highest BCUT2D eigenvalue weighted by molar-refractivity contribution is 5.85. The molecule has 7 heteroatoms. The van der Waals surface area contributed by atoms with E-state index < -0.39 is 11.0 Å². The van der Waals surface area contributed by atoms with Crippen LogP contribution in [0, 0.1) is 11.3 Å². The molecule has 0 amide bonds. The zero-order valence-electron chi connectivity index (χ0n) is 25.5. The summed E-state index contributed by atoms with van der Waals surface area (Å²) in [5, 5.41) is 0.720. The van der Waals surface area contributed by atoms with E-state index >= 15 is 0 Å². The van der Waals surface area contributed by atoms with Gasteiger partial charge >= 0.3 is 11.6 Å². The van der Waals surface area contributed by atoms with E-state index in [2.05, 4.69) is 18.8 Å². The smallest absolute Gasteiger partial charge is 0.344 e. The van der Waals surface area contributed by atoms with Gasteiger partial charge in [0.05, 0.1) is 37.5 Å². The maximum atomic E-state index is 12.7. The first-order chi connectivity index (χ1) is 19.7. The van der Waals surface area contributed by atoms with Crippen molar-refractivity contribution in [3.05, 3.63) is 53.1 Å². The molecule has 0 spiro atoms. The first kappa shape index (κ1) is 32.2. The van der Waals surface area contributed by atoms with Crippen molar-refractivity contribution in [2.75, 3.05) is 20.3 Å². The van der Waals surface area contributed by atoms with Gasteiger partial charge in [0.1, 0.15) is 5.75 Å². The van der Waals surface area contributed by atoms with Crippen molar-refractivity contribution in [2.45, 2.75) is 91.9 Å². The summed E-state index contributed by atoms with van der Waals surface area (Å²) in [4.78, 5) is 29.3. The first-order valence-electron chi connectivity index (χ1n) is 15.1. The number of fused-ring (bicyclic) bond motifs is 1. The van der Waals surface area contributed by atoms with E-state index in [0.29, 0.717) is 36.0 Å². The molecule has 224 valence electrons. The number of carbonyl (C=O) groups is 1. The number of benzene rings is 1. The summed E-state index contributed by atoms with van der Waals surface area (Å²) in [6.45, 7) is 9.40. The Balaban J connectivity index is 1.30. The van der Waals surface area contributed by atoms with Crippen LogP contribution in [0.2, 0.25) is 0 Å². The van der Waals surface area contributed by atoms with Gasteiger partial charge in [-0.2, -0.15) is 0 Å². The summed E-state index contributed by atoms with van der Waals surface area (Å²) in [6.07, 6.45) is 13.9. The van der Waals surface area contributed by atoms with E-state index in [0.717, 1.165) is 68.1 Å². The molecular formula is C34H47NO6. The summed E-state index contributed by atoms with van der Waals surface area (Å²) in [7, 11) is 1.61. The average Bonchev–Trinajstić information content (AvgIpc) is 2.96. The molecule has 0 atom stereocenters. The Morgan fingerprint density at radius 1 is 0.927 bits per heavy atom. The van der Waals surface area contributed by atoms with Crippen LogP contribution >= 0.6 is 0 Å². The Labute approximate surface area is 244 Å². The van der Waals surface area contributed by atoms with Crippen LogP contribution in [0.1, 0.15) is 91.9 Å². The third-order valence-electron chi connectivity index (χ3n) is 7.44. The molecule has 0 aliphatic heterocycles. The number of carbonyl (C=O) groups excluding carboxylic acids is 1. The molecule has 0 N–H and O–H groups in total. The molecule has 2 aromatic heterocycles. The molecule has 41 heavy (non-hydrogen) atoms. The highest BCUT2D eigenvalue weighted by atomic mass is 16.5. The largest absolute Gasteiger partial charge is 0.497 e. The molecular weight excluding hydrogens is 518 g/mol. The fraction of sp³-hybridized carbons (Fsp3) is 0.559. The predicted octanol–water partition coefficient (Wildman–Crippen LogP) is 8.37. The van der Waals surface area contributed by atoms with E-state index in [-0.39, 0.29) is 5.97 Å². The van der Waals surface area contributed by atoms with Crippen molar-refractivity contribution < 1.29 is 23.4 Å². The van der Waals surface area contributed by atoms with Gasteiger partial charge in [0.25, 0.3) is 0 Å². The fourth-order valence-corrected chi connectivity index (χ4v) is 4.65. The average molecular weight is 566 g/mol. The Kier molecular flexibility index (Phi) is 12.7. The third kappa shape index (κ3) is 10.2. The Morgan fingerprint density at radius 3 is 2.20 bits per heavy atom. The van der Waals surface area contributed by atoms with Crippen molar-refractivity contribution >= 4 is 16.9 Å². The number of aromatic nitrogens is 1. The lowest BCUT2D eigenvalue weighted by Crippen LogP contribution is -2.27. The summed E-state index contributed by atoms with van der Waals surface area (Å²) in [5.74, 6) is 1.74. The molecule has 3 aromatic rings. The summed E-state index contributed by atoms with van der Waals surface area (Å²) >= 11 is 0. The molecule has 0 aliphatic carbocycles. The zero-order valence-corrected chi connectivity index (χ0v) is 25.5. The molecule has 1 aromatic carbocycles. The van der Waals surface area contributed by atoms with E-state index in [9.17, 15) is 9.59 Å². The molecule has 3 rings (SSSR count). The Hall–Kier alpha value is -3.35. The number of esters is 1. The number of hydrogen-bond donors (Lipinski definition) is 0. The van der Waals surface area contributed by atoms with Gasteiger partial charge < -0.3 is 18.6 Å². The zero-order chi connectivity index (χ0) is 29.7. The van der Waals surface area contributed by atoms with Crippen molar-refractivity contribution in [3.63, 3.8) is 0 Å². The maximum Gasteiger partial charge on any atom is 0.344 e. The molecule has 0 aliphatic rings. The molecule has 0 radical (unpaired) electrons. The van der Waals surface area contributed by atoms with Crippen LogP contribution in [-0.4, -0.2) is 31.3 Å². The van der Waals surface area contributed by atoms with Crippen LogP contribution in [0.3, 0.4) is 0 Å². The molecule has 0 unspecified atom stereocenters. The first-order valence-corrected chi connectivity index (χ1v) is 15.1. The van der Waals surface area contributed by atoms with Gasteiger partial charge in [-0.1, -0.05) is 64.5 Å². The normalized spacial score (nSPS) is 11.7. The van der Waals surface area contributed by atoms with E-state index in [1.807, 2.05) is 38.1 Å². The van der Waals surface area contributed by atoms with Crippen LogP contribution in [0.5, 0.6) is 11.5 Å². The monoisotopic (exact) mass is 565 g/mol. The summed E-state index contributed by atoms with van der Waals surface area (Å²) in [5.41, 5.74) is 0.844. The second-order valence-electron chi connectivity index (χ2n) is 11.9. The van der Waals surface area contributed by atoms with Crippen LogP contribution in [-0.2, 0) is 9.53 Å². The second kappa shape index (κ2) is 16.2. The number of unbranched alkanes of at least 4 members (excludes halogenated alkanes) is 7. The van der Waals surface area contributed by atoms with Gasteiger partial charge in [0.2, 0.25) is 0 Å². The summed E-state index contributed by atoms with van der Waals surface area (Å²) in [6, 6.07) is 9.08. The van der Waals surface area contributed by atoms with Crippen LogP contribution < -0.4 is 15.1 Å². The SMILES string of the molecule is COc1ccc(-c2cc3cncc(OCCCCCCCCCCOC(=O)C(C)(C)CCC(C)C)c3oc2=O)cc1. The number of methoxy groups -OCH3 is 1. The van der Waals surface area contributed by atoms with Gasteiger partial charge in [-0.15, -0.1) is 0 Å². The quantitative estimate of drug-likeness (QED) is 0.113. The Bertz CT molecular complexity index is 1280. The van der Waals surface area contributed by atoms with E-state index in [1.165, 1.54) is 12.8 Å². The highest BCUT2D eigenvalue weighted by Gasteiger charge is 2.29. The van der Waals surface area contributed by atoms with Gasteiger partial charge in [0.15, 0.2) is 11.3 Å². The van der Waals surface area contributed by atoms with Crippen LogP contribution in [0.15, 0.2) is 51.9 Å². The molecule has 7 nitrogen and oxygen atoms in total. The van der Waals surface area contributed by atoms with E-state index in [4.69, 9.17) is 18.6 Å². The predicted molar refractivity (Wildman–Crippen MR) is 164 cm³/mol. The fourth-order valence-electron chi connectivity index (χ4n) is 4.65. The number of ether oxygens (including phenoxy) is 3. The lowest BCUT2D eigenvalue weighted by Gasteiger charge is -2.23. The van der Waals surface area contributed by atoms with Gasteiger partial charge in [-0.05, 0) is 69.2 Å². The third-order valence-corrected chi connectivity index (χ3v) is 7.44. The van der Waals surface area contributed by atoms with Crippen molar-refractivity contribution in [1.29, 1.82) is 0 Å². The lowest BCUT2D eigenvalue weighted by molar-refractivity contribution is -0.154. The van der Waals surface area contributed by atoms with Crippen molar-refractivity contribution in [2.24, 2.45) is 11.3 Å². The van der Waals surface area contributed by atoms with Crippen molar-refractivity contribution in [3.8, 4) is 22.6 Å². The van der Waals surface area contributed by atoms with Crippen LogP contribution in [0.4, 0.5) is 0 Å². The Morgan fingerprint density at radius 2 is 1.56 bits per heavy atom. The van der Waals surface area contributed by atoms with Gasteiger partial charge in [-0.3, -0.25) is 9.78 Å². The molecule has 0 bridgehead atoms. The minimum atomic E-state index is -0.414. The number of rotatable bonds is 18. The van der Waals surface area contributed by atoms with Gasteiger partial charge in [-0.25, -0.2) is 4.79 Å². The minimum Gasteiger partial charge on any atom is -0.497 e. The standard InChI is InChI=1S/C34H47NO6/c1-25(2)18-19-34(3,4)33(37)40-21-13-11-9-7-6-8-10-12-20-39-30-24-35-23-27-22-29(32(36)41-31(27)30)26-14-16-28(38-5)17-15-26/h14-17,22-25H,6-13,18-21H2,1-5H3. The molecule has 0 fully saturated rings.